The first-order valence-electron chi connectivity index (χ1n) is 6.09. The van der Waals surface area contributed by atoms with Gasteiger partial charge in [-0.3, -0.25) is 4.79 Å². The van der Waals surface area contributed by atoms with Crippen LogP contribution < -0.4 is 4.90 Å². The van der Waals surface area contributed by atoms with Gasteiger partial charge in [0.05, 0.1) is 6.61 Å². The molecule has 0 radical (unpaired) electrons. The number of alkyl halides is 1. The number of hydrogen-bond acceptors (Lipinski definition) is 2. The SMILES string of the molecule is CCc1cccc(C)c1N(CCOC)C(=O)CCl. The minimum atomic E-state index is -0.0854. The summed E-state index contributed by atoms with van der Waals surface area (Å²) in [6.45, 7) is 5.12. The molecule has 0 saturated carbocycles. The monoisotopic (exact) mass is 269 g/mol. The lowest BCUT2D eigenvalue weighted by Gasteiger charge is -2.26. The number of anilines is 1. The van der Waals surface area contributed by atoms with Gasteiger partial charge in [0.1, 0.15) is 5.88 Å². The van der Waals surface area contributed by atoms with Crippen molar-refractivity contribution in [3.63, 3.8) is 0 Å². The molecule has 4 heteroatoms. The summed E-state index contributed by atoms with van der Waals surface area (Å²) in [6.07, 6.45) is 0.885. The number of para-hydroxylation sites is 1. The van der Waals surface area contributed by atoms with E-state index in [1.165, 1.54) is 0 Å². The highest BCUT2D eigenvalue weighted by atomic mass is 35.5. The van der Waals surface area contributed by atoms with Crippen molar-refractivity contribution < 1.29 is 9.53 Å². The van der Waals surface area contributed by atoms with Crippen LogP contribution in [-0.4, -0.2) is 32.0 Å². The molecule has 0 spiro atoms. The van der Waals surface area contributed by atoms with E-state index in [0.717, 1.165) is 23.2 Å². The number of amides is 1. The maximum Gasteiger partial charge on any atom is 0.242 e. The first-order valence-corrected chi connectivity index (χ1v) is 6.62. The van der Waals surface area contributed by atoms with E-state index in [2.05, 4.69) is 6.92 Å². The van der Waals surface area contributed by atoms with E-state index in [1.807, 2.05) is 25.1 Å². The van der Waals surface area contributed by atoms with Crippen molar-refractivity contribution >= 4 is 23.2 Å². The van der Waals surface area contributed by atoms with Gasteiger partial charge in [0.25, 0.3) is 0 Å². The van der Waals surface area contributed by atoms with E-state index in [1.54, 1.807) is 12.0 Å². The molecule has 0 unspecified atom stereocenters. The normalized spacial score (nSPS) is 10.4. The third-order valence-corrected chi connectivity index (χ3v) is 3.14. The molecule has 1 amide bonds. The van der Waals surface area contributed by atoms with E-state index >= 15 is 0 Å². The second-order valence-electron chi connectivity index (χ2n) is 4.11. The van der Waals surface area contributed by atoms with Gasteiger partial charge in [0, 0.05) is 19.3 Å². The number of methoxy groups -OCH3 is 1. The summed E-state index contributed by atoms with van der Waals surface area (Å²) in [7, 11) is 1.63. The topological polar surface area (TPSA) is 29.5 Å². The molecule has 100 valence electrons. The van der Waals surface area contributed by atoms with Crippen LogP contribution in [0.5, 0.6) is 0 Å². The van der Waals surface area contributed by atoms with Crippen LogP contribution in [0.3, 0.4) is 0 Å². The lowest BCUT2D eigenvalue weighted by atomic mass is 10.0. The van der Waals surface area contributed by atoms with Gasteiger partial charge in [-0.1, -0.05) is 25.1 Å². The molecule has 0 N–H and O–H groups in total. The average molecular weight is 270 g/mol. The summed E-state index contributed by atoms with van der Waals surface area (Å²) in [5.74, 6) is -0.0981. The Balaban J connectivity index is 3.14. The largest absolute Gasteiger partial charge is 0.383 e. The minimum absolute atomic E-state index is 0.0127. The molecule has 0 fully saturated rings. The quantitative estimate of drug-likeness (QED) is 0.743. The molecule has 3 nitrogen and oxygen atoms in total. The van der Waals surface area contributed by atoms with Crippen LogP contribution in [0.15, 0.2) is 18.2 Å². The number of hydrogen-bond donors (Lipinski definition) is 0. The highest BCUT2D eigenvalue weighted by Gasteiger charge is 2.18. The minimum Gasteiger partial charge on any atom is -0.383 e. The van der Waals surface area contributed by atoms with Crippen molar-refractivity contribution in [2.75, 3.05) is 31.0 Å². The van der Waals surface area contributed by atoms with Crippen molar-refractivity contribution in [2.24, 2.45) is 0 Å². The first-order chi connectivity index (χ1) is 8.65. The van der Waals surface area contributed by atoms with Crippen molar-refractivity contribution in [3.8, 4) is 0 Å². The van der Waals surface area contributed by atoms with Crippen molar-refractivity contribution in [1.29, 1.82) is 0 Å². The number of aryl methyl sites for hydroxylation is 2. The van der Waals surface area contributed by atoms with Gasteiger partial charge >= 0.3 is 0 Å². The molecule has 1 aromatic carbocycles. The van der Waals surface area contributed by atoms with Gasteiger partial charge in [-0.2, -0.15) is 0 Å². The van der Waals surface area contributed by atoms with Gasteiger partial charge in [0.2, 0.25) is 5.91 Å². The molecular weight excluding hydrogens is 250 g/mol. The molecular formula is C14H20ClNO2. The Morgan fingerprint density at radius 1 is 1.44 bits per heavy atom. The van der Waals surface area contributed by atoms with Gasteiger partial charge in [-0.05, 0) is 24.5 Å². The highest BCUT2D eigenvalue weighted by Crippen LogP contribution is 2.26. The number of ether oxygens (including phenoxy) is 1. The fourth-order valence-electron chi connectivity index (χ4n) is 2.01. The molecule has 1 rings (SSSR count). The fraction of sp³-hybridized carbons (Fsp3) is 0.500. The molecule has 0 bridgehead atoms. The Bertz CT molecular complexity index is 407. The zero-order chi connectivity index (χ0) is 13.5. The predicted octanol–water partition coefficient (Wildman–Crippen LogP) is 2.78. The van der Waals surface area contributed by atoms with Crippen LogP contribution in [0.1, 0.15) is 18.1 Å². The Kier molecular flexibility index (Phi) is 6.16. The van der Waals surface area contributed by atoms with Crippen LogP contribution in [0.25, 0.3) is 0 Å². The van der Waals surface area contributed by atoms with Crippen molar-refractivity contribution in [3.05, 3.63) is 29.3 Å². The number of rotatable bonds is 6. The van der Waals surface area contributed by atoms with Crippen LogP contribution in [0, 0.1) is 6.92 Å². The summed E-state index contributed by atoms with van der Waals surface area (Å²) in [5, 5.41) is 0. The van der Waals surface area contributed by atoms with Gasteiger partial charge in [-0.15, -0.1) is 11.6 Å². The second-order valence-corrected chi connectivity index (χ2v) is 4.38. The predicted molar refractivity (Wildman–Crippen MR) is 75.5 cm³/mol. The van der Waals surface area contributed by atoms with Crippen molar-refractivity contribution in [1.82, 2.24) is 0 Å². The number of halogens is 1. The third kappa shape index (κ3) is 3.47. The Morgan fingerprint density at radius 2 is 2.17 bits per heavy atom. The summed E-state index contributed by atoms with van der Waals surface area (Å²) in [5.41, 5.74) is 3.22. The van der Waals surface area contributed by atoms with Crippen LogP contribution in [0.2, 0.25) is 0 Å². The third-order valence-electron chi connectivity index (χ3n) is 2.91. The Labute approximate surface area is 114 Å². The lowest BCUT2D eigenvalue weighted by molar-refractivity contribution is -0.116. The number of carbonyl (C=O) groups excluding carboxylic acids is 1. The van der Waals surface area contributed by atoms with Gasteiger partial charge < -0.3 is 9.64 Å². The van der Waals surface area contributed by atoms with Crippen molar-refractivity contribution in [2.45, 2.75) is 20.3 Å². The molecule has 0 aliphatic heterocycles. The van der Waals surface area contributed by atoms with Gasteiger partial charge in [0.15, 0.2) is 0 Å². The molecule has 0 aromatic heterocycles. The lowest BCUT2D eigenvalue weighted by Crippen LogP contribution is -2.36. The standard InChI is InChI=1S/C14H20ClNO2/c1-4-12-7-5-6-11(2)14(12)16(8-9-18-3)13(17)10-15/h5-7H,4,8-10H2,1-3H3. The summed E-state index contributed by atoms with van der Waals surface area (Å²) in [6, 6.07) is 6.07. The van der Waals surface area contributed by atoms with E-state index in [-0.39, 0.29) is 11.8 Å². The van der Waals surface area contributed by atoms with E-state index in [4.69, 9.17) is 16.3 Å². The van der Waals surface area contributed by atoms with Crippen LogP contribution in [0.4, 0.5) is 5.69 Å². The zero-order valence-electron chi connectivity index (χ0n) is 11.2. The van der Waals surface area contributed by atoms with Crippen LogP contribution in [-0.2, 0) is 16.0 Å². The summed E-state index contributed by atoms with van der Waals surface area (Å²) >= 11 is 5.69. The van der Waals surface area contributed by atoms with E-state index in [0.29, 0.717) is 13.2 Å². The van der Waals surface area contributed by atoms with E-state index in [9.17, 15) is 4.79 Å². The first kappa shape index (κ1) is 15.0. The number of benzene rings is 1. The number of nitrogens with zero attached hydrogens (tertiary/aromatic N) is 1. The molecule has 0 saturated heterocycles. The molecule has 0 aliphatic carbocycles. The molecule has 0 heterocycles. The highest BCUT2D eigenvalue weighted by molar-refractivity contribution is 6.29. The Hall–Kier alpha value is -1.06. The van der Waals surface area contributed by atoms with E-state index < -0.39 is 0 Å². The summed E-state index contributed by atoms with van der Waals surface area (Å²) < 4.78 is 5.06. The van der Waals surface area contributed by atoms with Gasteiger partial charge in [-0.25, -0.2) is 0 Å². The molecule has 0 atom stereocenters. The molecule has 18 heavy (non-hydrogen) atoms. The number of carbonyl (C=O) groups is 1. The summed E-state index contributed by atoms with van der Waals surface area (Å²) in [4.78, 5) is 13.7. The smallest absolute Gasteiger partial charge is 0.242 e. The fourth-order valence-corrected chi connectivity index (χ4v) is 2.15. The second kappa shape index (κ2) is 7.39. The van der Waals surface area contributed by atoms with Crippen LogP contribution >= 0.6 is 11.6 Å². The Morgan fingerprint density at radius 3 is 2.72 bits per heavy atom. The average Bonchev–Trinajstić information content (AvgIpc) is 2.39. The maximum absolute atomic E-state index is 12.0. The molecule has 0 aliphatic rings. The maximum atomic E-state index is 12.0. The zero-order valence-corrected chi connectivity index (χ0v) is 12.0. The molecule has 1 aromatic rings.